The summed E-state index contributed by atoms with van der Waals surface area (Å²) in [6.07, 6.45) is 1.24. The van der Waals surface area contributed by atoms with E-state index in [1.54, 1.807) is 13.2 Å². The van der Waals surface area contributed by atoms with Gasteiger partial charge < -0.3 is 9.88 Å². The average molecular weight is 357 g/mol. The van der Waals surface area contributed by atoms with Crippen LogP contribution in [0.2, 0.25) is 0 Å². The molecule has 2 N–H and O–H groups in total. The number of nitrogens with one attached hydrogen (secondary N) is 2. The Balaban J connectivity index is 0.00000208. The van der Waals surface area contributed by atoms with E-state index < -0.39 is 24.9 Å². The zero-order valence-electron chi connectivity index (χ0n) is 13.1. The molecule has 0 aliphatic carbocycles. The molecule has 2 heterocycles. The molecule has 5 nitrogen and oxygen atoms in total. The Kier molecular flexibility index (Phi) is 5.56. The number of likely N-dealkylation sites (N-methyl/N-ethyl adjacent to an activating group) is 1. The van der Waals surface area contributed by atoms with Crippen LogP contribution in [0.5, 0.6) is 0 Å². The van der Waals surface area contributed by atoms with E-state index in [4.69, 9.17) is 0 Å². The number of aromatic amines is 1. The predicted octanol–water partition coefficient (Wildman–Crippen LogP) is 2.45. The minimum absolute atomic E-state index is 0. The molecule has 8 heteroatoms. The molecule has 1 aliphatic rings. The fraction of sp³-hybridized carbons (Fsp3) is 0.375. The Morgan fingerprint density at radius 1 is 1.38 bits per heavy atom. The maximum absolute atomic E-state index is 13.2. The zero-order chi connectivity index (χ0) is 16.4. The van der Waals surface area contributed by atoms with Crippen molar-refractivity contribution in [2.45, 2.75) is 24.9 Å². The van der Waals surface area contributed by atoms with Crippen molar-refractivity contribution < 1.29 is 13.6 Å². The summed E-state index contributed by atoms with van der Waals surface area (Å²) in [4.78, 5) is 21.0. The van der Waals surface area contributed by atoms with Crippen molar-refractivity contribution >= 4 is 18.3 Å². The van der Waals surface area contributed by atoms with E-state index in [2.05, 4.69) is 15.3 Å². The third-order valence-electron chi connectivity index (χ3n) is 3.88. The third-order valence-corrected chi connectivity index (χ3v) is 3.88. The van der Waals surface area contributed by atoms with Crippen molar-refractivity contribution in [1.82, 2.24) is 20.2 Å². The van der Waals surface area contributed by atoms with Gasteiger partial charge in [-0.2, -0.15) is 0 Å². The number of hydrogen-bond acceptors (Lipinski definition) is 3. The van der Waals surface area contributed by atoms with E-state index in [-0.39, 0.29) is 24.9 Å². The van der Waals surface area contributed by atoms with Gasteiger partial charge in [0, 0.05) is 13.5 Å². The summed E-state index contributed by atoms with van der Waals surface area (Å²) < 4.78 is 26.4. The van der Waals surface area contributed by atoms with E-state index in [0.29, 0.717) is 5.82 Å². The van der Waals surface area contributed by atoms with Crippen LogP contribution in [0.4, 0.5) is 8.78 Å². The molecule has 0 saturated carbocycles. The van der Waals surface area contributed by atoms with E-state index in [0.717, 1.165) is 11.3 Å². The van der Waals surface area contributed by atoms with Crippen LogP contribution in [0.1, 0.15) is 12.2 Å². The molecule has 24 heavy (non-hydrogen) atoms. The van der Waals surface area contributed by atoms with Crippen LogP contribution in [-0.2, 0) is 11.3 Å². The number of aromatic nitrogens is 2. The highest BCUT2D eigenvalue weighted by atomic mass is 35.5. The summed E-state index contributed by atoms with van der Waals surface area (Å²) in [7, 11) is 1.59. The second-order valence-corrected chi connectivity index (χ2v) is 5.80. The minimum atomic E-state index is -2.81. The van der Waals surface area contributed by atoms with Gasteiger partial charge in [-0.15, -0.1) is 12.4 Å². The van der Waals surface area contributed by atoms with Crippen LogP contribution >= 0.6 is 12.4 Å². The van der Waals surface area contributed by atoms with E-state index >= 15 is 0 Å². The molecule has 0 spiro atoms. The normalized spacial score (nSPS) is 18.9. The Hall–Kier alpha value is -1.99. The third kappa shape index (κ3) is 4.10. The number of amides is 1. The molecular weight excluding hydrogens is 338 g/mol. The first-order valence-corrected chi connectivity index (χ1v) is 7.40. The van der Waals surface area contributed by atoms with Gasteiger partial charge in [0.05, 0.1) is 31.0 Å². The van der Waals surface area contributed by atoms with Crippen molar-refractivity contribution in [3.63, 3.8) is 0 Å². The van der Waals surface area contributed by atoms with E-state index in [1.807, 2.05) is 30.3 Å². The number of H-pyrrole nitrogens is 1. The molecule has 1 saturated heterocycles. The average Bonchev–Trinajstić information content (AvgIpc) is 3.14. The largest absolute Gasteiger partial charge is 0.341 e. The lowest BCUT2D eigenvalue weighted by atomic mass is 10.1. The van der Waals surface area contributed by atoms with Crippen molar-refractivity contribution in [1.29, 1.82) is 0 Å². The van der Waals surface area contributed by atoms with Crippen molar-refractivity contribution in [3.05, 3.63) is 42.4 Å². The summed E-state index contributed by atoms with van der Waals surface area (Å²) in [5.41, 5.74) is 1.85. The Morgan fingerprint density at radius 2 is 2.08 bits per heavy atom. The highest BCUT2D eigenvalue weighted by molar-refractivity contribution is 5.85. The molecule has 1 aromatic carbocycles. The maximum atomic E-state index is 13.2. The van der Waals surface area contributed by atoms with Gasteiger partial charge in [-0.25, -0.2) is 13.8 Å². The second kappa shape index (κ2) is 7.27. The van der Waals surface area contributed by atoms with Gasteiger partial charge in [-0.3, -0.25) is 10.1 Å². The number of rotatable bonds is 4. The van der Waals surface area contributed by atoms with Gasteiger partial charge in [-0.1, -0.05) is 30.3 Å². The van der Waals surface area contributed by atoms with E-state index in [9.17, 15) is 13.6 Å². The van der Waals surface area contributed by atoms with Crippen LogP contribution < -0.4 is 5.32 Å². The standard InChI is InChI=1S/C16H18F2N4O.ClH/c1-22(15(23)12-7-16(17,18)10-20-12)9-14-19-8-13(21-14)11-5-3-2-4-6-11;/h2-6,8,12,20H,7,9-10H2,1H3,(H,19,21);1H. The van der Waals surface area contributed by atoms with Gasteiger partial charge in [0.2, 0.25) is 5.91 Å². The van der Waals surface area contributed by atoms with Crippen LogP contribution in [-0.4, -0.2) is 46.3 Å². The smallest absolute Gasteiger partial charge is 0.262 e. The SMILES string of the molecule is CN(Cc1ncc(-c2ccccc2)[nH]1)C(=O)C1CC(F)(F)CN1.Cl. The lowest BCUT2D eigenvalue weighted by Crippen LogP contribution is -2.41. The minimum Gasteiger partial charge on any atom is -0.341 e. The molecule has 3 rings (SSSR count). The Morgan fingerprint density at radius 3 is 2.71 bits per heavy atom. The number of halogens is 3. The summed E-state index contributed by atoms with van der Waals surface area (Å²) in [6.45, 7) is -0.203. The number of alkyl halides is 2. The topological polar surface area (TPSA) is 61.0 Å². The fourth-order valence-corrected chi connectivity index (χ4v) is 2.67. The molecule has 1 atom stereocenters. The number of nitrogens with zero attached hydrogens (tertiary/aromatic N) is 2. The van der Waals surface area contributed by atoms with Gasteiger partial charge in [0.25, 0.3) is 5.92 Å². The molecule has 1 amide bonds. The number of carbonyl (C=O) groups excluding carboxylic acids is 1. The van der Waals surface area contributed by atoms with E-state index in [1.165, 1.54) is 4.90 Å². The molecule has 2 aromatic rings. The number of hydrogen-bond donors (Lipinski definition) is 2. The van der Waals surface area contributed by atoms with Gasteiger partial charge in [-0.05, 0) is 5.56 Å². The second-order valence-electron chi connectivity index (χ2n) is 5.80. The van der Waals surface area contributed by atoms with Gasteiger partial charge >= 0.3 is 0 Å². The van der Waals surface area contributed by atoms with Crippen molar-refractivity contribution in [3.8, 4) is 11.3 Å². The molecule has 0 radical (unpaired) electrons. The first-order valence-electron chi connectivity index (χ1n) is 7.40. The Bertz CT molecular complexity index is 692. The molecule has 1 aromatic heterocycles. The molecular formula is C16H19ClF2N4O. The zero-order valence-corrected chi connectivity index (χ0v) is 13.9. The van der Waals surface area contributed by atoms with Crippen LogP contribution in [0.15, 0.2) is 36.5 Å². The van der Waals surface area contributed by atoms with Crippen LogP contribution in [0.3, 0.4) is 0 Å². The van der Waals surface area contributed by atoms with Crippen molar-refractivity contribution in [2.24, 2.45) is 0 Å². The maximum Gasteiger partial charge on any atom is 0.262 e. The van der Waals surface area contributed by atoms with Gasteiger partial charge in [0.1, 0.15) is 5.82 Å². The monoisotopic (exact) mass is 356 g/mol. The molecule has 1 aliphatic heterocycles. The van der Waals surface area contributed by atoms with Crippen molar-refractivity contribution in [2.75, 3.05) is 13.6 Å². The summed E-state index contributed by atoms with van der Waals surface area (Å²) in [6, 6.07) is 8.86. The quantitative estimate of drug-likeness (QED) is 0.884. The first-order chi connectivity index (χ1) is 10.9. The number of imidazole rings is 1. The lowest BCUT2D eigenvalue weighted by molar-refractivity contribution is -0.133. The summed E-state index contributed by atoms with van der Waals surface area (Å²) >= 11 is 0. The lowest BCUT2D eigenvalue weighted by Gasteiger charge is -2.20. The van der Waals surface area contributed by atoms with Gasteiger partial charge in [0.15, 0.2) is 0 Å². The first kappa shape index (κ1) is 18.4. The fourth-order valence-electron chi connectivity index (χ4n) is 2.67. The highest BCUT2D eigenvalue weighted by Gasteiger charge is 2.43. The summed E-state index contributed by atoms with van der Waals surface area (Å²) in [5, 5.41) is 2.57. The molecule has 1 unspecified atom stereocenters. The van der Waals surface area contributed by atoms with Crippen LogP contribution in [0.25, 0.3) is 11.3 Å². The highest BCUT2D eigenvalue weighted by Crippen LogP contribution is 2.26. The molecule has 130 valence electrons. The predicted molar refractivity (Wildman–Crippen MR) is 89.1 cm³/mol. The summed E-state index contributed by atoms with van der Waals surface area (Å²) in [5.74, 6) is -2.55. The number of benzene rings is 1. The van der Waals surface area contributed by atoms with Crippen LogP contribution in [0, 0.1) is 0 Å². The Labute approximate surface area is 144 Å². The number of carbonyl (C=O) groups is 1. The molecule has 0 bridgehead atoms. The molecule has 1 fully saturated rings.